The van der Waals surface area contributed by atoms with Crippen LogP contribution in [-0.4, -0.2) is 21.9 Å². The lowest BCUT2D eigenvalue weighted by molar-refractivity contribution is 0.102. The second kappa shape index (κ2) is 6.49. The van der Waals surface area contributed by atoms with E-state index in [4.69, 9.17) is 0 Å². The molecular formula is C13H13N3OS2. The third-order valence-corrected chi connectivity index (χ3v) is 4.31. The number of rotatable bonds is 5. The van der Waals surface area contributed by atoms with E-state index in [2.05, 4.69) is 22.1 Å². The molecule has 98 valence electrons. The molecule has 0 fully saturated rings. The van der Waals surface area contributed by atoms with Crippen LogP contribution in [0.2, 0.25) is 0 Å². The van der Waals surface area contributed by atoms with E-state index in [0.717, 1.165) is 15.7 Å². The van der Waals surface area contributed by atoms with Gasteiger partial charge in [-0.05, 0) is 19.1 Å². The smallest absolute Gasteiger partial charge is 0.257 e. The topological polar surface area (TPSA) is 54.9 Å². The van der Waals surface area contributed by atoms with Crippen molar-refractivity contribution in [3.63, 3.8) is 0 Å². The third kappa shape index (κ3) is 4.18. The number of aromatic nitrogens is 2. The maximum atomic E-state index is 11.9. The number of nitrogens with one attached hydrogen (secondary N) is 1. The first-order valence-electron chi connectivity index (χ1n) is 5.62. The zero-order valence-corrected chi connectivity index (χ0v) is 12.1. The minimum Gasteiger partial charge on any atom is -0.296 e. The molecule has 0 atom stereocenters. The van der Waals surface area contributed by atoms with Gasteiger partial charge in [-0.15, -0.1) is 10.2 Å². The van der Waals surface area contributed by atoms with E-state index in [1.807, 2.05) is 25.1 Å². The van der Waals surface area contributed by atoms with Crippen molar-refractivity contribution in [3.8, 4) is 0 Å². The van der Waals surface area contributed by atoms with E-state index in [0.29, 0.717) is 10.7 Å². The van der Waals surface area contributed by atoms with E-state index in [1.54, 1.807) is 23.9 Å². The summed E-state index contributed by atoms with van der Waals surface area (Å²) >= 11 is 2.93. The lowest BCUT2D eigenvalue weighted by Gasteiger charge is -1.99. The average Bonchev–Trinajstić information content (AvgIpc) is 2.85. The van der Waals surface area contributed by atoms with Gasteiger partial charge in [-0.25, -0.2) is 0 Å². The van der Waals surface area contributed by atoms with Crippen molar-refractivity contribution < 1.29 is 4.79 Å². The van der Waals surface area contributed by atoms with Gasteiger partial charge in [-0.2, -0.15) is 0 Å². The molecule has 0 unspecified atom stereocenters. The second-order valence-corrected chi connectivity index (χ2v) is 6.14. The highest BCUT2D eigenvalue weighted by atomic mass is 32.2. The Balaban J connectivity index is 1.96. The summed E-state index contributed by atoms with van der Waals surface area (Å²) in [6.45, 7) is 5.80. The third-order valence-electron chi connectivity index (χ3n) is 2.10. The first-order valence-corrected chi connectivity index (χ1v) is 7.42. The molecule has 1 N–H and O–H groups in total. The van der Waals surface area contributed by atoms with Crippen molar-refractivity contribution in [2.45, 2.75) is 11.3 Å². The number of benzene rings is 1. The second-order valence-electron chi connectivity index (χ2n) is 3.94. The molecule has 1 amide bonds. The number of anilines is 1. The molecule has 0 aliphatic heterocycles. The number of nitrogens with zero attached hydrogens (tertiary/aromatic N) is 2. The fourth-order valence-electron chi connectivity index (χ4n) is 1.26. The molecule has 19 heavy (non-hydrogen) atoms. The molecule has 4 nitrogen and oxygen atoms in total. The molecule has 0 spiro atoms. The summed E-state index contributed by atoms with van der Waals surface area (Å²) in [7, 11) is 0. The monoisotopic (exact) mass is 291 g/mol. The summed E-state index contributed by atoms with van der Waals surface area (Å²) in [5.74, 6) is 0.634. The summed E-state index contributed by atoms with van der Waals surface area (Å²) in [6, 6.07) is 9.03. The van der Waals surface area contributed by atoms with Crippen molar-refractivity contribution in [3.05, 3.63) is 48.0 Å². The van der Waals surface area contributed by atoms with Crippen LogP contribution in [-0.2, 0) is 0 Å². The number of carbonyl (C=O) groups excluding carboxylic acids is 1. The molecule has 0 saturated heterocycles. The van der Waals surface area contributed by atoms with Gasteiger partial charge in [-0.3, -0.25) is 10.1 Å². The molecule has 2 rings (SSSR count). The fraction of sp³-hybridized carbons (Fsp3) is 0.154. The predicted molar refractivity (Wildman–Crippen MR) is 79.8 cm³/mol. The van der Waals surface area contributed by atoms with Crippen LogP contribution in [0.5, 0.6) is 0 Å². The molecule has 2 aromatic rings. The summed E-state index contributed by atoms with van der Waals surface area (Å²) in [5, 5.41) is 11.2. The largest absolute Gasteiger partial charge is 0.296 e. The van der Waals surface area contributed by atoms with Crippen LogP contribution in [0.1, 0.15) is 17.3 Å². The molecule has 1 aromatic heterocycles. The van der Waals surface area contributed by atoms with Crippen LogP contribution in [0.4, 0.5) is 5.13 Å². The van der Waals surface area contributed by atoms with Gasteiger partial charge in [0, 0.05) is 11.3 Å². The number of thioether (sulfide) groups is 1. The molecule has 0 aliphatic rings. The Labute approximate surface area is 120 Å². The molecule has 0 aliphatic carbocycles. The van der Waals surface area contributed by atoms with Crippen molar-refractivity contribution in [2.24, 2.45) is 0 Å². The number of carbonyl (C=O) groups is 1. The Kier molecular flexibility index (Phi) is 4.70. The lowest BCUT2D eigenvalue weighted by Crippen LogP contribution is -2.11. The van der Waals surface area contributed by atoms with Gasteiger partial charge in [-0.1, -0.05) is 53.4 Å². The number of hydrogen-bond donors (Lipinski definition) is 1. The lowest BCUT2D eigenvalue weighted by atomic mass is 10.2. The van der Waals surface area contributed by atoms with Gasteiger partial charge in [0.2, 0.25) is 5.13 Å². The fourth-order valence-corrected chi connectivity index (χ4v) is 2.85. The van der Waals surface area contributed by atoms with Gasteiger partial charge >= 0.3 is 0 Å². The van der Waals surface area contributed by atoms with Crippen LogP contribution >= 0.6 is 23.1 Å². The maximum absolute atomic E-state index is 11.9. The van der Waals surface area contributed by atoms with E-state index in [9.17, 15) is 4.79 Å². The van der Waals surface area contributed by atoms with Gasteiger partial charge < -0.3 is 0 Å². The Morgan fingerprint density at radius 3 is 2.79 bits per heavy atom. The first-order chi connectivity index (χ1) is 9.15. The van der Waals surface area contributed by atoms with Crippen LogP contribution in [0.15, 0.2) is 46.8 Å². The van der Waals surface area contributed by atoms with Crippen LogP contribution in [0, 0.1) is 0 Å². The molecule has 1 aromatic carbocycles. The summed E-state index contributed by atoms with van der Waals surface area (Å²) in [4.78, 5) is 11.9. The summed E-state index contributed by atoms with van der Waals surface area (Å²) < 4.78 is 0.825. The first kappa shape index (κ1) is 13.8. The molecule has 0 saturated carbocycles. The quantitative estimate of drug-likeness (QED) is 0.521. The zero-order chi connectivity index (χ0) is 13.7. The SMILES string of the molecule is C=C(C)CSc1nnc(NC(=O)c2ccccc2)s1. The van der Waals surface area contributed by atoms with Crippen molar-refractivity contribution >= 4 is 34.1 Å². The molecule has 1 heterocycles. The van der Waals surface area contributed by atoms with E-state index >= 15 is 0 Å². The highest BCUT2D eigenvalue weighted by Gasteiger charge is 2.09. The predicted octanol–water partition coefficient (Wildman–Crippen LogP) is 3.46. The Morgan fingerprint density at radius 2 is 2.11 bits per heavy atom. The minimum atomic E-state index is -0.173. The minimum absolute atomic E-state index is 0.173. The van der Waals surface area contributed by atoms with Gasteiger partial charge in [0.15, 0.2) is 4.34 Å². The Morgan fingerprint density at radius 1 is 1.37 bits per heavy atom. The summed E-state index contributed by atoms with van der Waals surface area (Å²) in [6.07, 6.45) is 0. The molecular weight excluding hydrogens is 278 g/mol. The number of hydrogen-bond acceptors (Lipinski definition) is 5. The van der Waals surface area contributed by atoms with Gasteiger partial charge in [0.25, 0.3) is 5.91 Å². The van der Waals surface area contributed by atoms with Crippen LogP contribution in [0.25, 0.3) is 0 Å². The average molecular weight is 291 g/mol. The van der Waals surface area contributed by atoms with Gasteiger partial charge in [0.1, 0.15) is 0 Å². The van der Waals surface area contributed by atoms with Crippen molar-refractivity contribution in [2.75, 3.05) is 11.1 Å². The maximum Gasteiger partial charge on any atom is 0.257 e. The van der Waals surface area contributed by atoms with E-state index in [1.165, 1.54) is 11.3 Å². The Bertz CT molecular complexity index is 581. The Hall–Kier alpha value is -1.66. The van der Waals surface area contributed by atoms with Gasteiger partial charge in [0.05, 0.1) is 0 Å². The summed E-state index contributed by atoms with van der Waals surface area (Å²) in [5.41, 5.74) is 1.68. The van der Waals surface area contributed by atoms with Crippen molar-refractivity contribution in [1.29, 1.82) is 0 Å². The number of amides is 1. The highest BCUT2D eigenvalue weighted by Crippen LogP contribution is 2.26. The zero-order valence-electron chi connectivity index (χ0n) is 10.4. The van der Waals surface area contributed by atoms with Crippen LogP contribution < -0.4 is 5.32 Å². The van der Waals surface area contributed by atoms with E-state index in [-0.39, 0.29) is 5.91 Å². The van der Waals surface area contributed by atoms with Crippen LogP contribution in [0.3, 0.4) is 0 Å². The van der Waals surface area contributed by atoms with Crippen molar-refractivity contribution in [1.82, 2.24) is 10.2 Å². The molecule has 6 heteroatoms. The normalized spacial score (nSPS) is 10.2. The molecule has 0 radical (unpaired) electrons. The van der Waals surface area contributed by atoms with E-state index < -0.39 is 0 Å². The highest BCUT2D eigenvalue weighted by molar-refractivity contribution is 8.01. The molecule has 0 bridgehead atoms. The standard InChI is InChI=1S/C13H13N3OS2/c1-9(2)8-18-13-16-15-12(19-13)14-11(17)10-6-4-3-5-7-10/h3-7H,1,8H2,2H3,(H,14,15,17).